The zero-order valence-electron chi connectivity index (χ0n) is 13.2. The molecule has 24 heavy (non-hydrogen) atoms. The number of carbonyl (C=O) groups excluding carboxylic acids is 1. The minimum Gasteiger partial charge on any atom is -0.545 e. The first kappa shape index (κ1) is 16.4. The molecule has 1 N–H and O–H groups in total. The summed E-state index contributed by atoms with van der Waals surface area (Å²) in [5.41, 5.74) is 4.64. The highest BCUT2D eigenvalue weighted by Crippen LogP contribution is 2.25. The fraction of sp³-hybridized carbons (Fsp3) is 0.312. The summed E-state index contributed by atoms with van der Waals surface area (Å²) in [5, 5.41) is 15.9. The molecule has 1 aliphatic rings. The lowest BCUT2D eigenvalue weighted by Crippen LogP contribution is -2.36. The number of hydrogen-bond donors (Lipinski definition) is 1. The molecule has 2 heterocycles. The van der Waals surface area contributed by atoms with Crippen LogP contribution in [0.1, 0.15) is 20.9 Å². The van der Waals surface area contributed by atoms with Crippen molar-refractivity contribution in [1.29, 1.82) is 0 Å². The molecule has 1 fully saturated rings. The van der Waals surface area contributed by atoms with Gasteiger partial charge in [-0.25, -0.2) is 4.98 Å². The Bertz CT molecular complexity index is 736. The third kappa shape index (κ3) is 3.90. The molecule has 0 aliphatic carbocycles. The number of aryl methyl sites for hydroxylation is 1. The van der Waals surface area contributed by atoms with E-state index in [1.165, 1.54) is 12.1 Å². The number of carboxylic acid groups (broad SMARTS) is 1. The molecule has 0 radical (unpaired) electrons. The van der Waals surface area contributed by atoms with Gasteiger partial charge in [0, 0.05) is 13.1 Å². The molecule has 0 amide bonds. The molecule has 0 spiro atoms. The number of aromatic carboxylic acids is 1. The van der Waals surface area contributed by atoms with Crippen molar-refractivity contribution in [3.63, 3.8) is 0 Å². The van der Waals surface area contributed by atoms with E-state index in [4.69, 9.17) is 4.74 Å². The number of thiazole rings is 1. The Morgan fingerprint density at radius 3 is 2.75 bits per heavy atom. The Morgan fingerprint density at radius 2 is 2.08 bits per heavy atom. The predicted molar refractivity (Wildman–Crippen MR) is 91.9 cm³/mol. The number of anilines is 2. The smallest absolute Gasteiger partial charge is 0.186 e. The minimum absolute atomic E-state index is 0.137. The summed E-state index contributed by atoms with van der Waals surface area (Å²) >= 11 is 1.59. The van der Waals surface area contributed by atoms with E-state index in [2.05, 4.69) is 20.4 Å². The van der Waals surface area contributed by atoms with Gasteiger partial charge in [-0.3, -0.25) is 5.43 Å². The van der Waals surface area contributed by atoms with Crippen molar-refractivity contribution in [2.75, 3.05) is 36.6 Å². The molecule has 126 valence electrons. The van der Waals surface area contributed by atoms with Crippen LogP contribution >= 0.6 is 11.3 Å². The Morgan fingerprint density at radius 1 is 1.38 bits per heavy atom. The summed E-state index contributed by atoms with van der Waals surface area (Å²) in [5.74, 6) is -1.19. The van der Waals surface area contributed by atoms with Gasteiger partial charge in [0.1, 0.15) is 0 Å². The molecule has 0 atom stereocenters. The van der Waals surface area contributed by atoms with Crippen molar-refractivity contribution in [1.82, 2.24) is 4.98 Å². The molecular weight excluding hydrogens is 328 g/mol. The van der Waals surface area contributed by atoms with Crippen molar-refractivity contribution >= 4 is 34.3 Å². The number of carbonyl (C=O) groups is 1. The lowest BCUT2D eigenvalue weighted by Gasteiger charge is -2.25. The molecule has 1 saturated heterocycles. The maximum atomic E-state index is 10.7. The fourth-order valence-corrected chi connectivity index (χ4v) is 3.24. The highest BCUT2D eigenvalue weighted by molar-refractivity contribution is 7.17. The van der Waals surface area contributed by atoms with Gasteiger partial charge in [-0.1, -0.05) is 23.5 Å². The van der Waals surface area contributed by atoms with E-state index < -0.39 is 5.97 Å². The number of ether oxygens (including phenoxy) is 1. The highest BCUT2D eigenvalue weighted by Gasteiger charge is 2.16. The van der Waals surface area contributed by atoms with Crippen LogP contribution < -0.4 is 15.4 Å². The summed E-state index contributed by atoms with van der Waals surface area (Å²) in [6.07, 6.45) is 1.73. The van der Waals surface area contributed by atoms with Crippen molar-refractivity contribution < 1.29 is 14.6 Å². The summed E-state index contributed by atoms with van der Waals surface area (Å²) in [4.78, 5) is 18.5. The average Bonchev–Trinajstić information content (AvgIpc) is 2.97. The quantitative estimate of drug-likeness (QED) is 0.645. The largest absolute Gasteiger partial charge is 0.545 e. The van der Waals surface area contributed by atoms with E-state index in [0.29, 0.717) is 5.69 Å². The number of benzene rings is 1. The van der Waals surface area contributed by atoms with Crippen LogP contribution in [0.3, 0.4) is 0 Å². The molecule has 3 rings (SSSR count). The lowest BCUT2D eigenvalue weighted by atomic mass is 10.2. The van der Waals surface area contributed by atoms with Crippen molar-refractivity contribution in [2.45, 2.75) is 6.92 Å². The zero-order chi connectivity index (χ0) is 16.9. The van der Waals surface area contributed by atoms with Gasteiger partial charge in [0.25, 0.3) is 0 Å². The third-order valence-corrected chi connectivity index (χ3v) is 4.75. The Hall–Kier alpha value is -2.45. The van der Waals surface area contributed by atoms with E-state index in [1.54, 1.807) is 29.7 Å². The van der Waals surface area contributed by atoms with Gasteiger partial charge < -0.3 is 19.5 Å². The number of rotatable bonds is 5. The molecule has 1 aromatic carbocycles. The molecule has 0 unspecified atom stereocenters. The van der Waals surface area contributed by atoms with Crippen LogP contribution in [0, 0.1) is 6.92 Å². The summed E-state index contributed by atoms with van der Waals surface area (Å²) in [6.45, 7) is 5.12. The first-order valence-corrected chi connectivity index (χ1v) is 8.36. The van der Waals surface area contributed by atoms with Crippen LogP contribution in [0.5, 0.6) is 0 Å². The molecule has 1 aliphatic heterocycles. The molecule has 2 aromatic rings. The lowest BCUT2D eigenvalue weighted by molar-refractivity contribution is -0.255. The highest BCUT2D eigenvalue weighted by atomic mass is 32.1. The molecular formula is C16H17N4O3S-. The second kappa shape index (κ2) is 7.41. The average molecular weight is 345 g/mol. The van der Waals surface area contributed by atoms with Crippen LogP contribution in [0.2, 0.25) is 0 Å². The Labute approximate surface area is 143 Å². The SMILES string of the molecule is Cc1nc(N2CCOCC2)sc1/C=N\Nc1ccc(C(=O)[O-])cc1. The summed E-state index contributed by atoms with van der Waals surface area (Å²) in [6, 6.07) is 6.23. The molecule has 8 heteroatoms. The van der Waals surface area contributed by atoms with E-state index in [9.17, 15) is 9.90 Å². The van der Waals surface area contributed by atoms with Gasteiger partial charge in [0.2, 0.25) is 0 Å². The van der Waals surface area contributed by atoms with E-state index in [1.807, 2.05) is 6.92 Å². The fourth-order valence-electron chi connectivity index (χ4n) is 2.25. The first-order valence-electron chi connectivity index (χ1n) is 7.54. The maximum Gasteiger partial charge on any atom is 0.186 e. The Balaban J connectivity index is 1.63. The number of morpholine rings is 1. The van der Waals surface area contributed by atoms with Crippen LogP contribution in [0.4, 0.5) is 10.8 Å². The van der Waals surface area contributed by atoms with Crippen LogP contribution in [0.15, 0.2) is 29.4 Å². The molecule has 7 nitrogen and oxygen atoms in total. The maximum absolute atomic E-state index is 10.7. The normalized spacial score (nSPS) is 15.0. The van der Waals surface area contributed by atoms with Gasteiger partial charge in [0.15, 0.2) is 5.13 Å². The minimum atomic E-state index is -1.19. The predicted octanol–water partition coefficient (Wildman–Crippen LogP) is 1.10. The number of hydrogen-bond acceptors (Lipinski definition) is 8. The van der Waals surface area contributed by atoms with Crippen molar-refractivity contribution in [2.24, 2.45) is 5.10 Å². The Kier molecular flexibility index (Phi) is 5.07. The van der Waals surface area contributed by atoms with Gasteiger partial charge in [0.05, 0.1) is 41.7 Å². The summed E-state index contributed by atoms with van der Waals surface area (Å²) in [7, 11) is 0. The van der Waals surface area contributed by atoms with Crippen LogP contribution in [0.25, 0.3) is 0 Å². The first-order chi connectivity index (χ1) is 11.6. The van der Waals surface area contributed by atoms with Gasteiger partial charge in [-0.05, 0) is 24.6 Å². The van der Waals surface area contributed by atoms with Gasteiger partial charge in [-0.2, -0.15) is 5.10 Å². The molecule has 0 saturated carbocycles. The second-order valence-electron chi connectivity index (χ2n) is 5.28. The number of nitrogens with zero attached hydrogens (tertiary/aromatic N) is 3. The van der Waals surface area contributed by atoms with Gasteiger partial charge in [-0.15, -0.1) is 0 Å². The zero-order valence-corrected chi connectivity index (χ0v) is 14.0. The van der Waals surface area contributed by atoms with Crippen molar-refractivity contribution in [3.8, 4) is 0 Å². The summed E-state index contributed by atoms with van der Waals surface area (Å²) < 4.78 is 5.35. The molecule has 0 bridgehead atoms. The topological polar surface area (TPSA) is 89.9 Å². The van der Waals surface area contributed by atoms with E-state index >= 15 is 0 Å². The van der Waals surface area contributed by atoms with E-state index in [0.717, 1.165) is 42.0 Å². The number of aromatic nitrogens is 1. The van der Waals surface area contributed by atoms with Gasteiger partial charge >= 0.3 is 0 Å². The van der Waals surface area contributed by atoms with Crippen LogP contribution in [-0.2, 0) is 4.74 Å². The standard InChI is InChI=1S/C16H18N4O3S/c1-11-14(24-16(18-11)20-6-8-23-9-7-20)10-17-19-13-4-2-12(3-5-13)15(21)22/h2-5,10,19H,6-9H2,1H3,(H,21,22)/p-1/b17-10-. The second-order valence-corrected chi connectivity index (χ2v) is 6.29. The number of nitrogens with one attached hydrogen (secondary N) is 1. The molecule has 1 aromatic heterocycles. The monoisotopic (exact) mass is 345 g/mol. The van der Waals surface area contributed by atoms with Crippen molar-refractivity contribution in [3.05, 3.63) is 40.4 Å². The number of hydrazone groups is 1. The van der Waals surface area contributed by atoms with Crippen LogP contribution in [-0.4, -0.2) is 43.5 Å². The van der Waals surface area contributed by atoms with E-state index in [-0.39, 0.29) is 5.56 Å². The number of carboxylic acids is 1. The third-order valence-electron chi connectivity index (χ3n) is 3.60.